The van der Waals surface area contributed by atoms with Gasteiger partial charge in [0.05, 0.1) is 21.9 Å². The summed E-state index contributed by atoms with van der Waals surface area (Å²) in [6, 6.07) is 11.8. The van der Waals surface area contributed by atoms with Gasteiger partial charge in [-0.15, -0.1) is 10.2 Å². The molecule has 0 bridgehead atoms. The number of hydrogen-bond donors (Lipinski definition) is 2. The number of fused-ring (bicyclic) bond motifs is 2. The third-order valence-electron chi connectivity index (χ3n) is 6.98. The van der Waals surface area contributed by atoms with Gasteiger partial charge in [0, 0.05) is 12.8 Å². The fourth-order valence-electron chi connectivity index (χ4n) is 4.58. The van der Waals surface area contributed by atoms with Crippen molar-refractivity contribution in [3.8, 4) is 11.5 Å². The standard InChI is InChI=1S/C30H34N6O5S2/c1-15-11-23-13-21(7-9-25(23)39-15)17(3)31-33-27(37)19(5)42-29-35-36-30(41-29)43-20(6)28(38)34-32-18(4)22-8-10-26-24(14-22)12-16(2)40-26/h7-10,13-16,19-20H,11-12H2,1-6H3,(H,33,37)(H,34,38)/t15-,16+,19+,20-. The van der Waals surface area contributed by atoms with E-state index < -0.39 is 10.5 Å². The van der Waals surface area contributed by atoms with Gasteiger partial charge in [0.2, 0.25) is 0 Å². The van der Waals surface area contributed by atoms with Crippen LogP contribution in [0.2, 0.25) is 0 Å². The average Bonchev–Trinajstić information content (AvgIpc) is 3.69. The van der Waals surface area contributed by atoms with Gasteiger partial charge in [0.1, 0.15) is 23.7 Å². The Morgan fingerprint density at radius 3 is 1.63 bits per heavy atom. The first-order chi connectivity index (χ1) is 20.5. The molecule has 0 radical (unpaired) electrons. The monoisotopic (exact) mass is 622 g/mol. The normalized spacial score (nSPS) is 19.1. The molecule has 0 saturated carbocycles. The lowest BCUT2D eigenvalue weighted by molar-refractivity contribution is -0.121. The van der Waals surface area contributed by atoms with Crippen LogP contribution in [0.3, 0.4) is 0 Å². The van der Waals surface area contributed by atoms with Crippen LogP contribution in [0.25, 0.3) is 0 Å². The number of thioether (sulfide) groups is 2. The van der Waals surface area contributed by atoms with Crippen LogP contribution < -0.4 is 20.3 Å². The van der Waals surface area contributed by atoms with Gasteiger partial charge >= 0.3 is 0 Å². The van der Waals surface area contributed by atoms with Gasteiger partial charge in [-0.05, 0) is 100 Å². The molecule has 2 aliphatic heterocycles. The molecule has 2 aliphatic rings. The SMILES string of the molecule is CC(=NNC(=O)[C@H](C)Sc1nnc(S[C@H](C)C(=O)NN=C(C)c2ccc3c(c2)C[C@H](C)O3)o1)c1ccc2c(c1)C[C@@H](C)O2. The molecule has 43 heavy (non-hydrogen) atoms. The van der Waals surface area contributed by atoms with Crippen LogP contribution in [0.1, 0.15) is 63.8 Å². The lowest BCUT2D eigenvalue weighted by Gasteiger charge is -2.09. The maximum atomic E-state index is 12.7. The predicted molar refractivity (Wildman–Crippen MR) is 166 cm³/mol. The van der Waals surface area contributed by atoms with Crippen LogP contribution >= 0.6 is 23.5 Å². The smallest absolute Gasteiger partial charge is 0.278 e. The van der Waals surface area contributed by atoms with Crippen LogP contribution in [0, 0.1) is 0 Å². The number of aromatic nitrogens is 2. The summed E-state index contributed by atoms with van der Waals surface area (Å²) in [6.07, 6.45) is 2.02. The molecule has 5 rings (SSSR count). The molecule has 2 aromatic carbocycles. The molecular weight excluding hydrogens is 589 g/mol. The first kappa shape index (κ1) is 30.6. The lowest BCUT2D eigenvalue weighted by atomic mass is 10.0. The van der Waals surface area contributed by atoms with Crippen LogP contribution in [-0.4, -0.2) is 56.1 Å². The van der Waals surface area contributed by atoms with E-state index in [0.717, 1.165) is 70.1 Å². The molecule has 2 amide bonds. The molecule has 3 heterocycles. The van der Waals surface area contributed by atoms with Crippen molar-refractivity contribution in [2.45, 2.75) is 87.5 Å². The number of rotatable bonds is 10. The van der Waals surface area contributed by atoms with Gasteiger partial charge in [-0.25, -0.2) is 10.9 Å². The highest BCUT2D eigenvalue weighted by Crippen LogP contribution is 2.31. The number of amides is 2. The molecule has 11 nitrogen and oxygen atoms in total. The second-order valence-corrected chi connectivity index (χ2v) is 13.2. The van der Waals surface area contributed by atoms with Crippen molar-refractivity contribution >= 4 is 46.8 Å². The second-order valence-electron chi connectivity index (χ2n) is 10.6. The highest BCUT2D eigenvalue weighted by Gasteiger charge is 2.23. The molecule has 4 atom stereocenters. The van der Waals surface area contributed by atoms with Crippen molar-refractivity contribution in [2.24, 2.45) is 10.2 Å². The number of nitrogens with one attached hydrogen (secondary N) is 2. The minimum Gasteiger partial charge on any atom is -0.490 e. The molecule has 0 aliphatic carbocycles. The lowest BCUT2D eigenvalue weighted by Crippen LogP contribution is -2.27. The van der Waals surface area contributed by atoms with Gasteiger partial charge in [0.25, 0.3) is 22.3 Å². The third-order valence-corrected chi connectivity index (χ3v) is 8.85. The number of hydrogen-bond acceptors (Lipinski definition) is 11. The summed E-state index contributed by atoms with van der Waals surface area (Å²) in [7, 11) is 0. The Bertz CT molecular complexity index is 1470. The largest absolute Gasteiger partial charge is 0.490 e. The molecule has 13 heteroatoms. The summed E-state index contributed by atoms with van der Waals surface area (Å²) in [5.74, 6) is 1.18. The Hall–Kier alpha value is -3.84. The van der Waals surface area contributed by atoms with E-state index in [1.165, 1.54) is 0 Å². The maximum absolute atomic E-state index is 12.7. The molecule has 1 aromatic heterocycles. The van der Waals surface area contributed by atoms with Gasteiger partial charge in [-0.3, -0.25) is 9.59 Å². The number of hydrazone groups is 2. The van der Waals surface area contributed by atoms with Crippen LogP contribution in [-0.2, 0) is 22.4 Å². The fourth-order valence-corrected chi connectivity index (χ4v) is 5.99. The number of nitrogens with zero attached hydrogens (tertiary/aromatic N) is 4. The Balaban J connectivity index is 1.09. The second kappa shape index (κ2) is 13.2. The van der Waals surface area contributed by atoms with E-state index in [4.69, 9.17) is 13.9 Å². The van der Waals surface area contributed by atoms with Crippen molar-refractivity contribution in [3.63, 3.8) is 0 Å². The van der Waals surface area contributed by atoms with Crippen molar-refractivity contribution < 1.29 is 23.5 Å². The van der Waals surface area contributed by atoms with Gasteiger partial charge < -0.3 is 13.9 Å². The molecule has 3 aromatic rings. The van der Waals surface area contributed by atoms with Crippen molar-refractivity contribution in [1.82, 2.24) is 21.0 Å². The van der Waals surface area contributed by atoms with Crippen LogP contribution in [0.15, 0.2) is 61.5 Å². The van der Waals surface area contributed by atoms with Gasteiger partial charge in [0.15, 0.2) is 0 Å². The first-order valence-electron chi connectivity index (χ1n) is 14.0. The molecule has 0 fully saturated rings. The molecular formula is C30H34N6O5S2. The summed E-state index contributed by atoms with van der Waals surface area (Å²) in [6.45, 7) is 11.2. The Labute approximate surface area is 258 Å². The minimum atomic E-state index is -0.545. The summed E-state index contributed by atoms with van der Waals surface area (Å²) in [4.78, 5) is 25.3. The topological polar surface area (TPSA) is 140 Å². The minimum absolute atomic E-state index is 0.161. The van der Waals surface area contributed by atoms with E-state index in [-0.39, 0.29) is 34.5 Å². The quantitative estimate of drug-likeness (QED) is 0.186. The zero-order valence-corrected chi connectivity index (χ0v) is 26.5. The Kier molecular flexibility index (Phi) is 9.40. The van der Waals surface area contributed by atoms with Crippen molar-refractivity contribution in [2.75, 3.05) is 0 Å². The predicted octanol–water partition coefficient (Wildman–Crippen LogP) is 4.76. The molecule has 226 valence electrons. The van der Waals surface area contributed by atoms with E-state index >= 15 is 0 Å². The Morgan fingerprint density at radius 1 is 0.791 bits per heavy atom. The number of benzene rings is 2. The number of ether oxygens (including phenoxy) is 2. The molecule has 0 saturated heterocycles. The van der Waals surface area contributed by atoms with Gasteiger partial charge in [-0.2, -0.15) is 10.2 Å². The highest BCUT2D eigenvalue weighted by molar-refractivity contribution is 8.01. The fraction of sp³-hybridized carbons (Fsp3) is 0.400. The number of carbonyl (C=O) groups is 2. The first-order valence-corrected chi connectivity index (χ1v) is 15.8. The summed E-state index contributed by atoms with van der Waals surface area (Å²) in [5.41, 5.74) is 10.7. The molecule has 2 N–H and O–H groups in total. The van der Waals surface area contributed by atoms with E-state index in [1.807, 2.05) is 64.1 Å². The summed E-state index contributed by atoms with van der Waals surface area (Å²) < 4.78 is 17.2. The van der Waals surface area contributed by atoms with E-state index in [0.29, 0.717) is 11.4 Å². The van der Waals surface area contributed by atoms with E-state index in [1.54, 1.807) is 13.8 Å². The zero-order chi connectivity index (χ0) is 30.7. The van der Waals surface area contributed by atoms with Crippen molar-refractivity contribution in [3.05, 3.63) is 58.7 Å². The van der Waals surface area contributed by atoms with Gasteiger partial charge in [-0.1, -0.05) is 23.5 Å². The maximum Gasteiger partial charge on any atom is 0.278 e. The van der Waals surface area contributed by atoms with Crippen LogP contribution in [0.4, 0.5) is 0 Å². The highest BCUT2D eigenvalue weighted by atomic mass is 32.2. The van der Waals surface area contributed by atoms with Crippen molar-refractivity contribution in [1.29, 1.82) is 0 Å². The van der Waals surface area contributed by atoms with Crippen LogP contribution in [0.5, 0.6) is 11.5 Å². The summed E-state index contributed by atoms with van der Waals surface area (Å²) >= 11 is 2.22. The zero-order valence-electron chi connectivity index (χ0n) is 24.8. The number of carbonyl (C=O) groups excluding carboxylic acids is 2. The summed E-state index contributed by atoms with van der Waals surface area (Å²) in [5, 5.41) is 15.9. The third kappa shape index (κ3) is 7.57. The molecule has 0 spiro atoms. The van der Waals surface area contributed by atoms with E-state index in [2.05, 4.69) is 31.3 Å². The van der Waals surface area contributed by atoms with E-state index in [9.17, 15) is 9.59 Å². The Morgan fingerprint density at radius 2 is 1.21 bits per heavy atom. The molecule has 0 unspecified atom stereocenters. The average molecular weight is 623 g/mol.